The fraction of sp³-hybridized carbons (Fsp3) is 0.333. The molecule has 0 spiro atoms. The predicted molar refractivity (Wildman–Crippen MR) is 136 cm³/mol. The van der Waals surface area contributed by atoms with Crippen molar-refractivity contribution in [3.8, 4) is 0 Å². The predicted octanol–water partition coefficient (Wildman–Crippen LogP) is 5.37. The van der Waals surface area contributed by atoms with Gasteiger partial charge in [-0.15, -0.1) is 11.3 Å². The van der Waals surface area contributed by atoms with E-state index < -0.39 is 28.1 Å². The molecule has 15 heteroatoms. The summed E-state index contributed by atoms with van der Waals surface area (Å²) >= 11 is 1.04. The summed E-state index contributed by atoms with van der Waals surface area (Å²) in [5.74, 6) is -3.91. The third kappa shape index (κ3) is 8.60. The Morgan fingerprint density at radius 3 is 2.38 bits per heavy atom. The number of nitrogens with zero attached hydrogens (tertiary/aromatic N) is 2. The Kier molecular flexibility index (Phi) is 9.85. The van der Waals surface area contributed by atoms with Crippen molar-refractivity contribution >= 4 is 38.1 Å². The van der Waals surface area contributed by atoms with Gasteiger partial charge in [0.1, 0.15) is 15.8 Å². The summed E-state index contributed by atoms with van der Waals surface area (Å²) < 4.78 is 87.4. The number of sulfonamides is 1. The van der Waals surface area contributed by atoms with E-state index in [4.69, 9.17) is 9.90 Å². The Morgan fingerprint density at radius 1 is 1.13 bits per heavy atom. The second-order valence-corrected chi connectivity index (χ2v) is 11.5. The molecule has 3 aromatic rings. The molecule has 1 aliphatic heterocycles. The van der Waals surface area contributed by atoms with Gasteiger partial charge >= 0.3 is 12.1 Å². The number of aromatic nitrogens is 1. The third-order valence-corrected chi connectivity index (χ3v) is 8.61. The quantitative estimate of drug-likeness (QED) is 0.238. The van der Waals surface area contributed by atoms with Gasteiger partial charge in [-0.25, -0.2) is 22.6 Å². The van der Waals surface area contributed by atoms with Crippen molar-refractivity contribution in [3.63, 3.8) is 0 Å². The van der Waals surface area contributed by atoms with Crippen LogP contribution in [0.4, 0.5) is 32.8 Å². The minimum absolute atomic E-state index is 0.0642. The summed E-state index contributed by atoms with van der Waals surface area (Å²) in [6.45, 7) is 4.76. The maximum atomic E-state index is 14.6. The van der Waals surface area contributed by atoms with Crippen LogP contribution in [0.5, 0.6) is 0 Å². The molecule has 1 aromatic carbocycles. The van der Waals surface area contributed by atoms with E-state index in [2.05, 4.69) is 19.9 Å². The van der Waals surface area contributed by atoms with Crippen LogP contribution in [0.2, 0.25) is 0 Å². The van der Waals surface area contributed by atoms with E-state index in [1.807, 2.05) is 6.07 Å². The van der Waals surface area contributed by atoms with Crippen molar-refractivity contribution in [2.75, 3.05) is 23.1 Å². The maximum absolute atomic E-state index is 14.6. The van der Waals surface area contributed by atoms with Gasteiger partial charge in [-0.05, 0) is 68.2 Å². The van der Waals surface area contributed by atoms with Crippen LogP contribution >= 0.6 is 11.3 Å². The molecule has 2 aromatic heterocycles. The summed E-state index contributed by atoms with van der Waals surface area (Å²) in [6, 6.07) is 10.5. The summed E-state index contributed by atoms with van der Waals surface area (Å²) in [6.07, 6.45) is -2.76. The number of rotatable bonds is 8. The van der Waals surface area contributed by atoms with Gasteiger partial charge in [-0.1, -0.05) is 18.2 Å². The Morgan fingerprint density at radius 2 is 1.77 bits per heavy atom. The third-order valence-electron chi connectivity index (χ3n) is 5.59. The average molecular weight is 593 g/mol. The van der Waals surface area contributed by atoms with Crippen molar-refractivity contribution in [2.45, 2.75) is 43.2 Å². The second kappa shape index (κ2) is 12.7. The van der Waals surface area contributed by atoms with Crippen LogP contribution in [0, 0.1) is 18.7 Å². The Balaban J connectivity index is 0.000000532. The van der Waals surface area contributed by atoms with Crippen molar-refractivity contribution < 1.29 is 40.3 Å². The molecule has 0 bridgehead atoms. The fourth-order valence-electron chi connectivity index (χ4n) is 3.71. The zero-order chi connectivity index (χ0) is 28.8. The van der Waals surface area contributed by atoms with Crippen molar-refractivity contribution in [1.82, 2.24) is 9.88 Å². The Labute approximate surface area is 225 Å². The van der Waals surface area contributed by atoms with Gasteiger partial charge in [-0.2, -0.15) is 17.6 Å². The molecule has 0 unspecified atom stereocenters. The van der Waals surface area contributed by atoms with Crippen LogP contribution in [-0.4, -0.2) is 48.6 Å². The number of aliphatic carboxylic acids is 1. The number of carboxylic acids is 1. The monoisotopic (exact) mass is 592 g/mol. The number of nitrogens with one attached hydrogen (secondary N) is 2. The molecular formula is C24H25F5N4O4S2. The molecule has 0 atom stereocenters. The molecule has 8 nitrogen and oxygen atoms in total. The first-order chi connectivity index (χ1) is 18.3. The molecule has 4 rings (SSSR count). The van der Waals surface area contributed by atoms with E-state index >= 15 is 0 Å². The molecule has 0 aliphatic carbocycles. The summed E-state index contributed by atoms with van der Waals surface area (Å²) in [5, 5.41) is 11.0. The van der Waals surface area contributed by atoms with Gasteiger partial charge < -0.3 is 10.4 Å². The van der Waals surface area contributed by atoms with Gasteiger partial charge in [0.2, 0.25) is 5.95 Å². The normalized spacial score (nSPS) is 14.0. The maximum Gasteiger partial charge on any atom is 0.490 e. The largest absolute Gasteiger partial charge is 0.490 e. The fourth-order valence-corrected chi connectivity index (χ4v) is 6.15. The number of hydrogen-bond donors (Lipinski definition) is 3. The number of anilines is 2. The van der Waals surface area contributed by atoms with Crippen molar-refractivity contribution in [3.05, 3.63) is 70.9 Å². The molecule has 3 N–H and O–H groups in total. The van der Waals surface area contributed by atoms with E-state index in [1.165, 1.54) is 24.3 Å². The number of aryl methyl sites for hydroxylation is 1. The SMILES string of the molecule is Cc1cc(S(=O)(=O)Nc2cccc(F)n2)sc1NCc1c(F)cccc1CN1CCCC1.O=C(O)C(F)(F)F. The van der Waals surface area contributed by atoms with Crippen LogP contribution < -0.4 is 10.0 Å². The van der Waals surface area contributed by atoms with E-state index in [-0.39, 0.29) is 22.4 Å². The van der Waals surface area contributed by atoms with E-state index in [1.54, 1.807) is 13.0 Å². The molecule has 0 saturated carbocycles. The molecule has 212 valence electrons. The molecule has 1 fully saturated rings. The summed E-state index contributed by atoms with van der Waals surface area (Å²) in [7, 11) is -3.93. The van der Waals surface area contributed by atoms with Crippen molar-refractivity contribution in [2.24, 2.45) is 0 Å². The average Bonchev–Trinajstić information content (AvgIpc) is 3.48. The first kappa shape index (κ1) is 30.2. The number of likely N-dealkylation sites (tertiary alicyclic amines) is 1. The van der Waals surface area contributed by atoms with Crippen LogP contribution in [0.25, 0.3) is 0 Å². The highest BCUT2D eigenvalue weighted by atomic mass is 32.2. The number of pyridine rings is 1. The number of carboxylic acid groups (broad SMARTS) is 1. The van der Waals surface area contributed by atoms with Crippen LogP contribution in [-0.2, 0) is 27.9 Å². The highest BCUT2D eigenvalue weighted by molar-refractivity contribution is 7.94. The van der Waals surface area contributed by atoms with Crippen LogP contribution in [0.1, 0.15) is 29.5 Å². The molecular weight excluding hydrogens is 567 g/mol. The molecule has 39 heavy (non-hydrogen) atoms. The lowest BCUT2D eigenvalue weighted by Crippen LogP contribution is -2.21. The van der Waals surface area contributed by atoms with Crippen LogP contribution in [0.15, 0.2) is 46.7 Å². The summed E-state index contributed by atoms with van der Waals surface area (Å²) in [4.78, 5) is 14.7. The molecule has 0 amide bonds. The number of benzene rings is 1. The summed E-state index contributed by atoms with van der Waals surface area (Å²) in [5.41, 5.74) is 2.24. The van der Waals surface area contributed by atoms with Gasteiger partial charge in [0.05, 0.1) is 5.00 Å². The minimum Gasteiger partial charge on any atom is -0.475 e. The Hall–Kier alpha value is -3.30. The van der Waals surface area contributed by atoms with Crippen LogP contribution in [0.3, 0.4) is 0 Å². The lowest BCUT2D eigenvalue weighted by molar-refractivity contribution is -0.192. The molecule has 1 aliphatic rings. The number of hydrogen-bond acceptors (Lipinski definition) is 7. The topological polar surface area (TPSA) is 112 Å². The van der Waals surface area contributed by atoms with E-state index in [0.29, 0.717) is 17.1 Å². The highest BCUT2D eigenvalue weighted by Gasteiger charge is 2.38. The van der Waals surface area contributed by atoms with Gasteiger partial charge in [0.15, 0.2) is 0 Å². The molecule has 1 saturated heterocycles. The first-order valence-electron chi connectivity index (χ1n) is 11.5. The highest BCUT2D eigenvalue weighted by Crippen LogP contribution is 2.32. The molecule has 0 radical (unpaired) electrons. The Bertz CT molecular complexity index is 1410. The number of thiophene rings is 1. The second-order valence-electron chi connectivity index (χ2n) is 8.55. The van der Waals surface area contributed by atoms with E-state index in [0.717, 1.165) is 54.5 Å². The number of carbonyl (C=O) groups is 1. The standard InChI is InChI=1S/C22H24F2N4O2S2.C2HF3O2/c1-15-12-21(32(29,30)27-20-9-5-8-19(24)26-20)31-22(15)25-13-17-16(6-4-7-18(17)23)14-28-10-2-3-11-28;3-2(4,5)1(6)7/h4-9,12,25H,2-3,10-11,13-14H2,1H3,(H,26,27);(H,6,7). The number of alkyl halides is 3. The lowest BCUT2D eigenvalue weighted by Gasteiger charge is -2.18. The molecule has 3 heterocycles. The smallest absolute Gasteiger partial charge is 0.475 e. The minimum atomic E-state index is -5.08. The van der Waals surface area contributed by atoms with Gasteiger partial charge in [0.25, 0.3) is 10.0 Å². The number of halogens is 5. The van der Waals surface area contributed by atoms with E-state index in [9.17, 15) is 30.4 Å². The van der Waals surface area contributed by atoms with Gasteiger partial charge in [-0.3, -0.25) is 9.62 Å². The van der Waals surface area contributed by atoms with Crippen molar-refractivity contribution in [1.29, 1.82) is 0 Å². The van der Waals surface area contributed by atoms with Gasteiger partial charge in [0, 0.05) is 18.7 Å². The zero-order valence-corrected chi connectivity index (χ0v) is 22.2. The zero-order valence-electron chi connectivity index (χ0n) is 20.6. The first-order valence-corrected chi connectivity index (χ1v) is 13.8. The lowest BCUT2D eigenvalue weighted by atomic mass is 10.1.